The summed E-state index contributed by atoms with van der Waals surface area (Å²) in [5, 5.41) is 16.8. The van der Waals surface area contributed by atoms with E-state index in [-0.39, 0.29) is 30.4 Å². The van der Waals surface area contributed by atoms with E-state index in [9.17, 15) is 19.5 Å². The Morgan fingerprint density at radius 2 is 1.73 bits per heavy atom. The van der Waals surface area contributed by atoms with E-state index in [1.807, 2.05) is 74.5 Å². The lowest BCUT2D eigenvalue weighted by Crippen LogP contribution is -2.57. The Bertz CT molecular complexity index is 1220. The molecule has 3 aliphatic rings. The maximum atomic E-state index is 14.5. The molecule has 40 heavy (non-hydrogen) atoms. The standard InChI is InChI=1S/C32H41N3O5/c1-4-12-21(3)34-29(38)27-32-18-17-31(5-2,40-32)25(28(37)33-19-22-13-8-6-9-14-22)26(32)30(39)35(27)24(20-36)23-15-10-7-11-16-23/h6-11,13-16,21,24-27,36H,4-5,12,17-20H2,1-3H3,(H,33,37)(H,34,38)/t21?,24-,25-,26+,27?,31+,32?/m1/s1. The van der Waals surface area contributed by atoms with Crippen LogP contribution in [0.3, 0.4) is 0 Å². The maximum Gasteiger partial charge on any atom is 0.246 e. The van der Waals surface area contributed by atoms with Crippen LogP contribution in [0, 0.1) is 11.8 Å². The number of aliphatic hydroxyl groups is 1. The van der Waals surface area contributed by atoms with Gasteiger partial charge in [0.15, 0.2) is 0 Å². The molecule has 3 saturated heterocycles. The van der Waals surface area contributed by atoms with Crippen LogP contribution in [0.15, 0.2) is 60.7 Å². The van der Waals surface area contributed by atoms with Crippen molar-refractivity contribution in [1.29, 1.82) is 0 Å². The molecule has 0 saturated carbocycles. The Morgan fingerprint density at radius 1 is 1.05 bits per heavy atom. The number of hydrogen-bond acceptors (Lipinski definition) is 5. The Labute approximate surface area is 236 Å². The monoisotopic (exact) mass is 547 g/mol. The first kappa shape index (κ1) is 28.3. The molecule has 5 rings (SSSR count). The van der Waals surface area contributed by atoms with Gasteiger partial charge in [-0.3, -0.25) is 14.4 Å². The zero-order valence-corrected chi connectivity index (χ0v) is 23.6. The van der Waals surface area contributed by atoms with Gasteiger partial charge in [-0.25, -0.2) is 0 Å². The Balaban J connectivity index is 1.54. The minimum absolute atomic E-state index is 0.0853. The second-order valence-electron chi connectivity index (χ2n) is 11.6. The fourth-order valence-electron chi connectivity index (χ4n) is 7.44. The third-order valence-electron chi connectivity index (χ3n) is 9.26. The predicted octanol–water partition coefficient (Wildman–Crippen LogP) is 3.50. The van der Waals surface area contributed by atoms with Crippen LogP contribution in [0.2, 0.25) is 0 Å². The summed E-state index contributed by atoms with van der Waals surface area (Å²) in [5.41, 5.74) is -0.257. The highest BCUT2D eigenvalue weighted by molar-refractivity contribution is 5.99. The molecule has 2 aromatic rings. The van der Waals surface area contributed by atoms with Crippen molar-refractivity contribution in [2.24, 2.45) is 11.8 Å². The Morgan fingerprint density at radius 3 is 2.35 bits per heavy atom. The van der Waals surface area contributed by atoms with Gasteiger partial charge in [0.25, 0.3) is 0 Å². The predicted molar refractivity (Wildman–Crippen MR) is 151 cm³/mol. The number of carbonyl (C=O) groups excluding carboxylic acids is 3. The van der Waals surface area contributed by atoms with Gasteiger partial charge in [-0.2, -0.15) is 0 Å². The largest absolute Gasteiger partial charge is 0.394 e. The molecule has 3 unspecified atom stereocenters. The SMILES string of the molecule is CCCC(C)NC(=O)C1N([C@H](CO)c2ccccc2)C(=O)[C@@H]2[C@H](C(=O)NCc3ccccc3)[C@]3(CC)CCC12O3. The number of nitrogens with zero attached hydrogens (tertiary/aromatic N) is 1. The number of nitrogens with one attached hydrogen (secondary N) is 2. The first-order valence-corrected chi connectivity index (χ1v) is 14.6. The van der Waals surface area contributed by atoms with Crippen LogP contribution >= 0.6 is 0 Å². The van der Waals surface area contributed by atoms with E-state index in [1.54, 1.807) is 0 Å². The maximum absolute atomic E-state index is 14.5. The number of likely N-dealkylation sites (tertiary alicyclic amines) is 1. The van der Waals surface area contributed by atoms with Crippen molar-refractivity contribution < 1.29 is 24.2 Å². The van der Waals surface area contributed by atoms with E-state index in [0.29, 0.717) is 25.8 Å². The van der Waals surface area contributed by atoms with Crippen molar-refractivity contribution in [3.63, 3.8) is 0 Å². The van der Waals surface area contributed by atoms with Crippen molar-refractivity contribution in [3.05, 3.63) is 71.8 Å². The van der Waals surface area contributed by atoms with Crippen LogP contribution in [-0.2, 0) is 25.7 Å². The van der Waals surface area contributed by atoms with E-state index in [1.165, 1.54) is 4.90 Å². The van der Waals surface area contributed by atoms with Gasteiger partial charge >= 0.3 is 0 Å². The van der Waals surface area contributed by atoms with Crippen LogP contribution in [0.25, 0.3) is 0 Å². The van der Waals surface area contributed by atoms with E-state index in [4.69, 9.17) is 4.74 Å². The third kappa shape index (κ3) is 4.61. The zero-order chi connectivity index (χ0) is 28.5. The highest BCUT2D eigenvalue weighted by atomic mass is 16.5. The van der Waals surface area contributed by atoms with Gasteiger partial charge in [0.1, 0.15) is 11.6 Å². The van der Waals surface area contributed by atoms with Crippen molar-refractivity contribution in [3.8, 4) is 0 Å². The molecular formula is C32H41N3O5. The quantitative estimate of drug-likeness (QED) is 0.399. The molecule has 7 atom stereocenters. The van der Waals surface area contributed by atoms with Gasteiger partial charge in [0.05, 0.1) is 30.1 Å². The number of fused-ring (bicyclic) bond motifs is 1. The van der Waals surface area contributed by atoms with Crippen LogP contribution in [-0.4, -0.2) is 57.6 Å². The topological polar surface area (TPSA) is 108 Å². The van der Waals surface area contributed by atoms with Gasteiger partial charge < -0.3 is 25.4 Å². The van der Waals surface area contributed by atoms with Crippen LogP contribution in [0.4, 0.5) is 0 Å². The number of ether oxygens (including phenoxy) is 1. The van der Waals surface area contributed by atoms with Crippen LogP contribution in [0.1, 0.15) is 70.0 Å². The molecule has 214 valence electrons. The summed E-state index contributed by atoms with van der Waals surface area (Å²) in [6.45, 7) is 5.99. The number of aliphatic hydroxyl groups excluding tert-OH is 1. The minimum atomic E-state index is -1.14. The van der Waals surface area contributed by atoms with Crippen LogP contribution < -0.4 is 10.6 Å². The molecule has 8 heteroatoms. The van der Waals surface area contributed by atoms with E-state index < -0.39 is 35.1 Å². The molecule has 0 radical (unpaired) electrons. The first-order chi connectivity index (χ1) is 19.3. The van der Waals surface area contributed by atoms with Gasteiger partial charge in [-0.05, 0) is 43.7 Å². The summed E-state index contributed by atoms with van der Waals surface area (Å²) in [5.74, 6) is -2.37. The molecule has 8 nitrogen and oxygen atoms in total. The van der Waals surface area contributed by atoms with Crippen molar-refractivity contribution >= 4 is 17.7 Å². The summed E-state index contributed by atoms with van der Waals surface area (Å²) >= 11 is 0. The minimum Gasteiger partial charge on any atom is -0.394 e. The molecule has 3 aliphatic heterocycles. The second kappa shape index (κ2) is 11.3. The van der Waals surface area contributed by atoms with Crippen LogP contribution in [0.5, 0.6) is 0 Å². The lowest BCUT2D eigenvalue weighted by atomic mass is 9.65. The highest BCUT2D eigenvalue weighted by Crippen LogP contribution is 2.65. The summed E-state index contributed by atoms with van der Waals surface area (Å²) in [7, 11) is 0. The average Bonchev–Trinajstić information content (AvgIpc) is 3.57. The fraction of sp³-hybridized carbons (Fsp3) is 0.531. The molecule has 0 aliphatic carbocycles. The smallest absolute Gasteiger partial charge is 0.246 e. The molecule has 2 aromatic carbocycles. The number of benzene rings is 2. The fourth-order valence-corrected chi connectivity index (χ4v) is 7.44. The summed E-state index contributed by atoms with van der Waals surface area (Å²) in [4.78, 5) is 44.0. The first-order valence-electron chi connectivity index (χ1n) is 14.6. The van der Waals surface area contributed by atoms with E-state index >= 15 is 0 Å². The third-order valence-corrected chi connectivity index (χ3v) is 9.26. The number of rotatable bonds is 11. The highest BCUT2D eigenvalue weighted by Gasteiger charge is 2.79. The zero-order valence-electron chi connectivity index (χ0n) is 23.6. The molecule has 3 fully saturated rings. The average molecular weight is 548 g/mol. The molecule has 0 aromatic heterocycles. The molecular weight excluding hydrogens is 506 g/mol. The number of hydrogen-bond donors (Lipinski definition) is 3. The molecule has 3 N–H and O–H groups in total. The number of carbonyl (C=O) groups is 3. The van der Waals surface area contributed by atoms with Gasteiger partial charge in [-0.15, -0.1) is 0 Å². The van der Waals surface area contributed by atoms with Crippen molar-refractivity contribution in [2.75, 3.05) is 6.61 Å². The van der Waals surface area contributed by atoms with Gasteiger partial charge in [0, 0.05) is 12.6 Å². The number of amides is 3. The Hall–Kier alpha value is -3.23. The summed E-state index contributed by atoms with van der Waals surface area (Å²) in [6.07, 6.45) is 3.36. The lowest BCUT2D eigenvalue weighted by Gasteiger charge is -2.38. The van der Waals surface area contributed by atoms with Crippen molar-refractivity contribution in [2.45, 2.75) is 88.7 Å². The summed E-state index contributed by atoms with van der Waals surface area (Å²) in [6, 6.07) is 17.2. The van der Waals surface area contributed by atoms with E-state index in [0.717, 1.165) is 24.0 Å². The molecule has 3 amide bonds. The lowest BCUT2D eigenvalue weighted by molar-refractivity contribution is -0.151. The summed E-state index contributed by atoms with van der Waals surface area (Å²) < 4.78 is 6.85. The van der Waals surface area contributed by atoms with E-state index in [2.05, 4.69) is 17.6 Å². The van der Waals surface area contributed by atoms with Gasteiger partial charge in [-0.1, -0.05) is 80.9 Å². The molecule has 2 bridgehead atoms. The molecule has 3 heterocycles. The van der Waals surface area contributed by atoms with Crippen molar-refractivity contribution in [1.82, 2.24) is 15.5 Å². The normalized spacial score (nSPS) is 30.1. The molecule has 1 spiro atoms. The second-order valence-corrected chi connectivity index (χ2v) is 11.6. The Kier molecular flexibility index (Phi) is 8.02. The van der Waals surface area contributed by atoms with Gasteiger partial charge in [0.2, 0.25) is 17.7 Å².